The molecule has 1 aliphatic rings. The molecule has 1 heterocycles. The molecule has 2 rings (SSSR count). The molecule has 0 aromatic carbocycles. The Balaban J connectivity index is 2.06. The predicted molar refractivity (Wildman–Crippen MR) is 103 cm³/mol. The molecule has 0 saturated heterocycles. The molecule has 0 saturated carbocycles. The van der Waals surface area contributed by atoms with Crippen LogP contribution in [0.3, 0.4) is 0 Å². The van der Waals surface area contributed by atoms with E-state index in [1.165, 1.54) is 16.8 Å². The molecule has 0 amide bonds. The molecule has 1 aromatic rings. The van der Waals surface area contributed by atoms with Gasteiger partial charge in [-0.15, -0.1) is 0 Å². The Bertz CT molecular complexity index is 789. The summed E-state index contributed by atoms with van der Waals surface area (Å²) in [6.07, 6.45) is 6.35. The highest BCUT2D eigenvalue weighted by Crippen LogP contribution is 2.51. The summed E-state index contributed by atoms with van der Waals surface area (Å²) in [5.41, 5.74) is -1.22. The van der Waals surface area contributed by atoms with Gasteiger partial charge in [0.1, 0.15) is 6.35 Å². The zero-order chi connectivity index (χ0) is 20.1. The van der Waals surface area contributed by atoms with Crippen molar-refractivity contribution in [2.75, 3.05) is 13.0 Å². The SMILES string of the molecule is CC(C)OP(=O)(COCC1(Cn2ccc(=O)[nH]c2=O)CC=CC1)OC(C)C. The van der Waals surface area contributed by atoms with E-state index < -0.39 is 18.8 Å². The molecular formula is C18H29N2O6P. The highest BCUT2D eigenvalue weighted by Gasteiger charge is 2.35. The number of aromatic amines is 1. The highest BCUT2D eigenvalue weighted by atomic mass is 31.2. The van der Waals surface area contributed by atoms with Crippen molar-refractivity contribution >= 4 is 7.60 Å². The number of hydrogen-bond donors (Lipinski definition) is 1. The van der Waals surface area contributed by atoms with Crippen molar-refractivity contribution < 1.29 is 18.3 Å². The Labute approximate surface area is 159 Å². The van der Waals surface area contributed by atoms with Crippen molar-refractivity contribution in [2.45, 2.75) is 59.3 Å². The number of ether oxygens (including phenoxy) is 1. The monoisotopic (exact) mass is 400 g/mol. The van der Waals surface area contributed by atoms with Crippen molar-refractivity contribution in [3.05, 3.63) is 45.3 Å². The van der Waals surface area contributed by atoms with E-state index >= 15 is 0 Å². The number of nitrogens with zero attached hydrogens (tertiary/aromatic N) is 1. The topological polar surface area (TPSA) is 99.6 Å². The van der Waals surface area contributed by atoms with Gasteiger partial charge in [-0.1, -0.05) is 12.2 Å². The molecule has 0 radical (unpaired) electrons. The maximum atomic E-state index is 12.9. The van der Waals surface area contributed by atoms with Gasteiger partial charge in [0.25, 0.3) is 5.56 Å². The van der Waals surface area contributed by atoms with E-state index in [0.29, 0.717) is 13.2 Å². The number of H-pyrrole nitrogens is 1. The first-order valence-corrected chi connectivity index (χ1v) is 10.8. The van der Waals surface area contributed by atoms with E-state index in [2.05, 4.69) is 4.98 Å². The van der Waals surface area contributed by atoms with Crippen molar-refractivity contribution in [3.63, 3.8) is 0 Å². The fourth-order valence-electron chi connectivity index (χ4n) is 3.07. The van der Waals surface area contributed by atoms with Crippen LogP contribution >= 0.6 is 7.60 Å². The van der Waals surface area contributed by atoms with Gasteiger partial charge in [-0.05, 0) is 40.5 Å². The first-order chi connectivity index (χ1) is 12.6. The standard InChI is InChI=1S/C18H29N2O6P/c1-14(2)25-27(23,26-15(3)4)13-24-12-18(8-5-6-9-18)11-20-10-7-16(21)19-17(20)22/h5-7,10,14-15H,8-9,11-13H2,1-4H3,(H,19,21,22). The summed E-state index contributed by atoms with van der Waals surface area (Å²) in [4.78, 5) is 25.5. The maximum absolute atomic E-state index is 12.9. The molecule has 152 valence electrons. The fraction of sp³-hybridized carbons (Fsp3) is 0.667. The molecule has 0 aliphatic heterocycles. The Morgan fingerprint density at radius 1 is 1.15 bits per heavy atom. The predicted octanol–water partition coefficient (Wildman–Crippen LogP) is 2.89. The molecule has 9 heteroatoms. The van der Waals surface area contributed by atoms with Gasteiger partial charge < -0.3 is 13.8 Å². The first-order valence-electron chi connectivity index (χ1n) is 9.11. The van der Waals surface area contributed by atoms with Gasteiger partial charge in [-0.2, -0.15) is 0 Å². The molecular weight excluding hydrogens is 371 g/mol. The van der Waals surface area contributed by atoms with Crippen LogP contribution in [-0.2, 0) is 24.9 Å². The summed E-state index contributed by atoms with van der Waals surface area (Å²) in [7, 11) is -3.38. The first kappa shape index (κ1) is 21.8. The van der Waals surface area contributed by atoms with E-state index in [1.54, 1.807) is 27.7 Å². The number of allylic oxidation sites excluding steroid dienone is 2. The maximum Gasteiger partial charge on any atom is 0.356 e. The van der Waals surface area contributed by atoms with Crippen molar-refractivity contribution in [1.29, 1.82) is 0 Å². The lowest BCUT2D eigenvalue weighted by molar-refractivity contribution is 0.0418. The Kier molecular flexibility index (Phi) is 7.40. The summed E-state index contributed by atoms with van der Waals surface area (Å²) >= 11 is 0. The lowest BCUT2D eigenvalue weighted by Crippen LogP contribution is -2.37. The van der Waals surface area contributed by atoms with E-state index in [0.717, 1.165) is 12.8 Å². The molecule has 27 heavy (non-hydrogen) atoms. The zero-order valence-electron chi connectivity index (χ0n) is 16.3. The molecule has 8 nitrogen and oxygen atoms in total. The summed E-state index contributed by atoms with van der Waals surface area (Å²) in [6.45, 7) is 7.85. The molecule has 1 aromatic heterocycles. The van der Waals surface area contributed by atoms with Crippen LogP contribution < -0.4 is 11.2 Å². The minimum Gasteiger partial charge on any atom is -0.368 e. The molecule has 0 atom stereocenters. The van der Waals surface area contributed by atoms with Gasteiger partial charge in [0.05, 0.1) is 18.8 Å². The Morgan fingerprint density at radius 3 is 2.26 bits per heavy atom. The lowest BCUT2D eigenvalue weighted by atomic mass is 9.86. The molecule has 0 spiro atoms. The molecule has 0 unspecified atom stereocenters. The van der Waals surface area contributed by atoms with E-state index in [9.17, 15) is 14.2 Å². The Hall–Kier alpha value is -1.47. The van der Waals surface area contributed by atoms with Crippen LogP contribution in [-0.4, -0.2) is 34.7 Å². The number of nitrogens with one attached hydrogen (secondary N) is 1. The second kappa shape index (κ2) is 9.15. The fourth-order valence-corrected chi connectivity index (χ4v) is 4.85. The van der Waals surface area contributed by atoms with Crippen LogP contribution in [0.5, 0.6) is 0 Å². The number of hydrogen-bond acceptors (Lipinski definition) is 6. The van der Waals surface area contributed by atoms with Gasteiger partial charge in [-0.25, -0.2) is 4.79 Å². The molecule has 1 N–H and O–H groups in total. The van der Waals surface area contributed by atoms with Gasteiger partial charge in [0.2, 0.25) is 0 Å². The number of aromatic nitrogens is 2. The largest absolute Gasteiger partial charge is 0.368 e. The van der Waals surface area contributed by atoms with Crippen LogP contribution in [0.2, 0.25) is 0 Å². The third kappa shape index (κ3) is 6.57. The van der Waals surface area contributed by atoms with E-state index in [4.69, 9.17) is 13.8 Å². The highest BCUT2D eigenvalue weighted by molar-refractivity contribution is 7.53. The minimum atomic E-state index is -3.38. The lowest BCUT2D eigenvalue weighted by Gasteiger charge is -2.30. The van der Waals surface area contributed by atoms with Crippen molar-refractivity contribution in [3.8, 4) is 0 Å². The van der Waals surface area contributed by atoms with Crippen LogP contribution in [0, 0.1) is 5.41 Å². The third-order valence-electron chi connectivity index (χ3n) is 4.07. The van der Waals surface area contributed by atoms with Crippen molar-refractivity contribution in [1.82, 2.24) is 9.55 Å². The smallest absolute Gasteiger partial charge is 0.356 e. The minimum absolute atomic E-state index is 0.147. The van der Waals surface area contributed by atoms with Crippen LogP contribution in [0.4, 0.5) is 0 Å². The second-order valence-corrected chi connectivity index (χ2v) is 9.42. The summed E-state index contributed by atoms with van der Waals surface area (Å²) < 4.78 is 31.1. The average Bonchev–Trinajstić information content (AvgIpc) is 2.97. The second-order valence-electron chi connectivity index (χ2n) is 7.51. The van der Waals surface area contributed by atoms with Crippen LogP contribution in [0.15, 0.2) is 34.0 Å². The zero-order valence-corrected chi connectivity index (χ0v) is 17.2. The Morgan fingerprint density at radius 2 is 1.74 bits per heavy atom. The van der Waals surface area contributed by atoms with Gasteiger partial charge in [0.15, 0.2) is 0 Å². The molecule has 0 fully saturated rings. The van der Waals surface area contributed by atoms with Gasteiger partial charge >= 0.3 is 13.3 Å². The molecule has 0 bridgehead atoms. The summed E-state index contributed by atoms with van der Waals surface area (Å²) in [6, 6.07) is 1.32. The quantitative estimate of drug-likeness (QED) is 0.479. The number of rotatable bonds is 10. The van der Waals surface area contributed by atoms with E-state index in [1.807, 2.05) is 12.2 Å². The van der Waals surface area contributed by atoms with E-state index in [-0.39, 0.29) is 24.0 Å². The van der Waals surface area contributed by atoms with Gasteiger partial charge in [-0.3, -0.25) is 18.9 Å². The summed E-state index contributed by atoms with van der Waals surface area (Å²) in [5.74, 6) is 0. The van der Waals surface area contributed by atoms with Crippen molar-refractivity contribution in [2.24, 2.45) is 5.41 Å². The van der Waals surface area contributed by atoms with Crippen LogP contribution in [0.1, 0.15) is 40.5 Å². The third-order valence-corrected chi connectivity index (χ3v) is 6.06. The molecule has 1 aliphatic carbocycles. The normalized spacial score (nSPS) is 16.5. The average molecular weight is 400 g/mol. The van der Waals surface area contributed by atoms with Gasteiger partial charge in [0, 0.05) is 24.2 Å². The van der Waals surface area contributed by atoms with Crippen LogP contribution in [0.25, 0.3) is 0 Å². The summed E-state index contributed by atoms with van der Waals surface area (Å²) in [5, 5.41) is 0.